The van der Waals surface area contributed by atoms with Gasteiger partial charge in [-0.1, -0.05) is 103 Å². The first-order valence-corrected chi connectivity index (χ1v) is 14.4. The van der Waals surface area contributed by atoms with Gasteiger partial charge in [0.1, 0.15) is 0 Å². The molecule has 0 amide bonds. The van der Waals surface area contributed by atoms with Gasteiger partial charge in [-0.05, 0) is 86.3 Å². The number of thiophene rings is 1. The lowest BCUT2D eigenvalue weighted by molar-refractivity contribution is 1.57. The summed E-state index contributed by atoms with van der Waals surface area (Å²) in [7, 11) is 0. The Hall–Kier alpha value is -4.92. The van der Waals surface area contributed by atoms with Crippen molar-refractivity contribution < 1.29 is 0 Å². The normalized spacial score (nSPS) is 11.5. The van der Waals surface area contributed by atoms with Gasteiger partial charge in [0.15, 0.2) is 0 Å². The molecule has 8 rings (SSSR count). The smallest absolute Gasteiger partial charge is 0.0478 e. The summed E-state index contributed by atoms with van der Waals surface area (Å²) in [4.78, 5) is 0. The van der Waals surface area contributed by atoms with Crippen LogP contribution in [-0.2, 0) is 0 Å². The monoisotopic (exact) mass is 527 g/mol. The lowest BCUT2D eigenvalue weighted by atomic mass is 9.93. The van der Waals surface area contributed by atoms with Crippen LogP contribution in [0.2, 0.25) is 0 Å². The van der Waals surface area contributed by atoms with Crippen molar-refractivity contribution in [2.24, 2.45) is 0 Å². The third kappa shape index (κ3) is 3.93. The molecule has 1 N–H and O–H groups in total. The molecule has 0 aliphatic heterocycles. The van der Waals surface area contributed by atoms with Crippen LogP contribution in [-0.4, -0.2) is 0 Å². The Labute approximate surface area is 237 Å². The van der Waals surface area contributed by atoms with Gasteiger partial charge in [0.2, 0.25) is 0 Å². The maximum absolute atomic E-state index is 3.69. The zero-order valence-corrected chi connectivity index (χ0v) is 22.6. The number of rotatable bonds is 4. The van der Waals surface area contributed by atoms with Crippen molar-refractivity contribution in [3.05, 3.63) is 146 Å². The second-order valence-electron chi connectivity index (χ2n) is 10.3. The standard InChI is InChI=1S/C38H25NS/c1-2-8-28-23-30(18-15-25(28)7-1)32-11-5-9-27-16-17-29(24-34(27)32)26-19-21-31(22-20-26)39-35-12-6-14-37-38(35)33-10-3-4-13-36(33)40-37/h1-24,39H. The van der Waals surface area contributed by atoms with E-state index in [0.29, 0.717) is 0 Å². The van der Waals surface area contributed by atoms with Crippen LogP contribution in [0.1, 0.15) is 0 Å². The highest BCUT2D eigenvalue weighted by Gasteiger charge is 2.10. The molecular weight excluding hydrogens is 502 g/mol. The molecule has 40 heavy (non-hydrogen) atoms. The van der Waals surface area contributed by atoms with Gasteiger partial charge in [0, 0.05) is 31.5 Å². The molecule has 7 aromatic carbocycles. The average molecular weight is 528 g/mol. The molecule has 0 saturated heterocycles. The molecular formula is C38H25NS. The largest absolute Gasteiger partial charge is 0.355 e. The maximum Gasteiger partial charge on any atom is 0.0478 e. The van der Waals surface area contributed by atoms with Crippen LogP contribution < -0.4 is 5.32 Å². The maximum atomic E-state index is 3.69. The fourth-order valence-electron chi connectivity index (χ4n) is 5.84. The molecule has 0 atom stereocenters. The van der Waals surface area contributed by atoms with Crippen molar-refractivity contribution >= 4 is 64.4 Å². The summed E-state index contributed by atoms with van der Waals surface area (Å²) in [6.07, 6.45) is 0. The predicted octanol–water partition coefficient (Wildman–Crippen LogP) is 11.4. The van der Waals surface area contributed by atoms with E-state index in [9.17, 15) is 0 Å². The number of hydrogen-bond donors (Lipinski definition) is 1. The molecule has 0 saturated carbocycles. The number of benzene rings is 7. The summed E-state index contributed by atoms with van der Waals surface area (Å²) in [6, 6.07) is 52.7. The zero-order valence-electron chi connectivity index (χ0n) is 21.8. The van der Waals surface area contributed by atoms with Crippen molar-refractivity contribution in [1.82, 2.24) is 0 Å². The highest BCUT2D eigenvalue weighted by atomic mass is 32.1. The van der Waals surface area contributed by atoms with Crippen LogP contribution in [0.25, 0.3) is 64.0 Å². The minimum Gasteiger partial charge on any atom is -0.355 e. The van der Waals surface area contributed by atoms with Gasteiger partial charge in [-0.3, -0.25) is 0 Å². The van der Waals surface area contributed by atoms with Gasteiger partial charge in [-0.2, -0.15) is 0 Å². The molecule has 0 spiro atoms. The fraction of sp³-hybridized carbons (Fsp3) is 0. The first-order chi connectivity index (χ1) is 19.8. The molecule has 0 fully saturated rings. The average Bonchev–Trinajstić information content (AvgIpc) is 3.40. The van der Waals surface area contributed by atoms with E-state index in [1.54, 1.807) is 0 Å². The Balaban J connectivity index is 1.15. The highest BCUT2D eigenvalue weighted by molar-refractivity contribution is 7.25. The third-order valence-corrected chi connectivity index (χ3v) is 8.98. The first kappa shape index (κ1) is 23.0. The minimum atomic E-state index is 1.09. The van der Waals surface area contributed by atoms with E-state index in [1.807, 2.05) is 11.3 Å². The van der Waals surface area contributed by atoms with E-state index in [2.05, 4.69) is 151 Å². The number of nitrogens with one attached hydrogen (secondary N) is 1. The lowest BCUT2D eigenvalue weighted by Crippen LogP contribution is -1.91. The molecule has 188 valence electrons. The molecule has 1 nitrogen and oxygen atoms in total. The molecule has 8 aromatic rings. The topological polar surface area (TPSA) is 12.0 Å². The Morgan fingerprint density at radius 3 is 2.05 bits per heavy atom. The molecule has 1 heterocycles. The number of anilines is 2. The van der Waals surface area contributed by atoms with Crippen LogP contribution in [0.5, 0.6) is 0 Å². The Kier molecular flexibility index (Phi) is 5.39. The Bertz CT molecular complexity index is 2190. The zero-order chi connectivity index (χ0) is 26.5. The van der Waals surface area contributed by atoms with Gasteiger partial charge in [-0.25, -0.2) is 0 Å². The summed E-state index contributed by atoms with van der Waals surface area (Å²) >= 11 is 1.85. The molecule has 0 radical (unpaired) electrons. The third-order valence-electron chi connectivity index (χ3n) is 7.84. The Morgan fingerprint density at radius 2 is 1.12 bits per heavy atom. The van der Waals surface area contributed by atoms with Gasteiger partial charge >= 0.3 is 0 Å². The fourth-order valence-corrected chi connectivity index (χ4v) is 6.97. The van der Waals surface area contributed by atoms with E-state index < -0.39 is 0 Å². The van der Waals surface area contributed by atoms with Crippen molar-refractivity contribution in [3.8, 4) is 22.3 Å². The summed E-state index contributed by atoms with van der Waals surface area (Å²) < 4.78 is 2.63. The van der Waals surface area contributed by atoms with Gasteiger partial charge in [-0.15, -0.1) is 11.3 Å². The van der Waals surface area contributed by atoms with E-state index in [1.165, 1.54) is 64.0 Å². The van der Waals surface area contributed by atoms with E-state index in [4.69, 9.17) is 0 Å². The Morgan fingerprint density at radius 1 is 0.425 bits per heavy atom. The SMILES string of the molecule is c1ccc2cc(-c3cccc4ccc(-c5ccc(Nc6cccc7sc8ccccc8c67)cc5)cc34)ccc2c1. The molecule has 0 aliphatic rings. The summed E-state index contributed by atoms with van der Waals surface area (Å²) in [6.45, 7) is 0. The second-order valence-corrected chi connectivity index (χ2v) is 11.4. The number of fused-ring (bicyclic) bond motifs is 5. The van der Waals surface area contributed by atoms with E-state index in [0.717, 1.165) is 11.4 Å². The van der Waals surface area contributed by atoms with Crippen LogP contribution >= 0.6 is 11.3 Å². The molecule has 2 heteroatoms. The van der Waals surface area contributed by atoms with Crippen molar-refractivity contribution in [2.75, 3.05) is 5.32 Å². The summed E-state index contributed by atoms with van der Waals surface area (Å²) in [5, 5.41) is 11.3. The van der Waals surface area contributed by atoms with Gasteiger partial charge < -0.3 is 5.32 Å². The highest BCUT2D eigenvalue weighted by Crippen LogP contribution is 2.39. The predicted molar refractivity (Wildman–Crippen MR) is 175 cm³/mol. The van der Waals surface area contributed by atoms with Crippen LogP contribution in [0.15, 0.2) is 146 Å². The molecule has 0 aliphatic carbocycles. The molecule has 1 aromatic heterocycles. The molecule has 0 bridgehead atoms. The number of hydrogen-bond acceptors (Lipinski definition) is 2. The lowest BCUT2D eigenvalue weighted by Gasteiger charge is -2.12. The van der Waals surface area contributed by atoms with E-state index in [-0.39, 0.29) is 0 Å². The van der Waals surface area contributed by atoms with Crippen LogP contribution in [0.3, 0.4) is 0 Å². The molecule has 0 unspecified atom stereocenters. The first-order valence-electron chi connectivity index (χ1n) is 13.6. The van der Waals surface area contributed by atoms with Gasteiger partial charge in [0.25, 0.3) is 0 Å². The summed E-state index contributed by atoms with van der Waals surface area (Å²) in [5.41, 5.74) is 7.17. The van der Waals surface area contributed by atoms with Crippen LogP contribution in [0.4, 0.5) is 11.4 Å². The van der Waals surface area contributed by atoms with Crippen molar-refractivity contribution in [1.29, 1.82) is 0 Å². The van der Waals surface area contributed by atoms with Crippen LogP contribution in [0, 0.1) is 0 Å². The van der Waals surface area contributed by atoms with Crippen molar-refractivity contribution in [3.63, 3.8) is 0 Å². The minimum absolute atomic E-state index is 1.09. The summed E-state index contributed by atoms with van der Waals surface area (Å²) in [5.74, 6) is 0. The quantitative estimate of drug-likeness (QED) is 0.240. The van der Waals surface area contributed by atoms with Gasteiger partial charge in [0.05, 0.1) is 0 Å². The second kappa shape index (κ2) is 9.37. The van der Waals surface area contributed by atoms with Crippen molar-refractivity contribution in [2.45, 2.75) is 0 Å². The van der Waals surface area contributed by atoms with E-state index >= 15 is 0 Å².